The Labute approximate surface area is 92.9 Å². The van der Waals surface area contributed by atoms with Crippen molar-refractivity contribution in [1.82, 2.24) is 10.6 Å². The first-order chi connectivity index (χ1) is 7.51. The molecular formula is C10H15N3O3. The summed E-state index contributed by atoms with van der Waals surface area (Å²) in [5.74, 6) is -1.01. The summed E-state index contributed by atoms with van der Waals surface area (Å²) in [6.07, 6.45) is 2.87. The first-order valence-electron chi connectivity index (χ1n) is 5.45. The Morgan fingerprint density at radius 1 is 1.44 bits per heavy atom. The molecular weight excluding hydrogens is 210 g/mol. The highest BCUT2D eigenvalue weighted by Gasteiger charge is 2.42. The van der Waals surface area contributed by atoms with Crippen molar-refractivity contribution in [3.05, 3.63) is 0 Å². The SMILES string of the molecule is NC1(C(=O)NC2CCC(=O)NC2=O)CCC1. The zero-order valence-electron chi connectivity index (χ0n) is 8.91. The predicted molar refractivity (Wildman–Crippen MR) is 55.1 cm³/mol. The fraction of sp³-hybridized carbons (Fsp3) is 0.700. The minimum Gasteiger partial charge on any atom is -0.343 e. The van der Waals surface area contributed by atoms with Crippen LogP contribution in [-0.4, -0.2) is 29.3 Å². The summed E-state index contributed by atoms with van der Waals surface area (Å²) in [5.41, 5.74) is 5.02. The fourth-order valence-corrected chi connectivity index (χ4v) is 1.92. The molecule has 2 rings (SSSR count). The van der Waals surface area contributed by atoms with Gasteiger partial charge in [0.15, 0.2) is 0 Å². The molecule has 3 amide bonds. The van der Waals surface area contributed by atoms with Gasteiger partial charge in [-0.2, -0.15) is 0 Å². The average molecular weight is 225 g/mol. The van der Waals surface area contributed by atoms with E-state index in [1.165, 1.54) is 0 Å². The van der Waals surface area contributed by atoms with Gasteiger partial charge >= 0.3 is 0 Å². The molecule has 1 unspecified atom stereocenters. The molecule has 0 aromatic rings. The van der Waals surface area contributed by atoms with Gasteiger partial charge in [-0.05, 0) is 25.7 Å². The number of rotatable bonds is 2. The normalized spacial score (nSPS) is 27.9. The summed E-state index contributed by atoms with van der Waals surface area (Å²) in [5, 5.41) is 4.79. The maximum Gasteiger partial charge on any atom is 0.249 e. The second-order valence-electron chi connectivity index (χ2n) is 4.49. The van der Waals surface area contributed by atoms with Crippen molar-refractivity contribution in [2.75, 3.05) is 0 Å². The van der Waals surface area contributed by atoms with Crippen LogP contribution < -0.4 is 16.4 Å². The Balaban J connectivity index is 1.92. The highest BCUT2D eigenvalue weighted by Crippen LogP contribution is 2.29. The van der Waals surface area contributed by atoms with Crippen molar-refractivity contribution in [2.45, 2.75) is 43.7 Å². The third-order valence-electron chi connectivity index (χ3n) is 3.24. The van der Waals surface area contributed by atoms with Crippen LogP contribution in [0.3, 0.4) is 0 Å². The van der Waals surface area contributed by atoms with Crippen molar-refractivity contribution < 1.29 is 14.4 Å². The molecule has 4 N–H and O–H groups in total. The van der Waals surface area contributed by atoms with E-state index in [9.17, 15) is 14.4 Å². The molecule has 6 nitrogen and oxygen atoms in total. The number of hydrogen-bond donors (Lipinski definition) is 3. The van der Waals surface area contributed by atoms with Gasteiger partial charge in [0.05, 0.1) is 5.54 Å². The van der Waals surface area contributed by atoms with Gasteiger partial charge in [-0.25, -0.2) is 0 Å². The van der Waals surface area contributed by atoms with Gasteiger partial charge in [-0.15, -0.1) is 0 Å². The van der Waals surface area contributed by atoms with Crippen molar-refractivity contribution >= 4 is 17.7 Å². The third kappa shape index (κ3) is 1.92. The topological polar surface area (TPSA) is 101 Å². The van der Waals surface area contributed by atoms with Crippen molar-refractivity contribution in [1.29, 1.82) is 0 Å². The van der Waals surface area contributed by atoms with Gasteiger partial charge in [-0.3, -0.25) is 19.7 Å². The van der Waals surface area contributed by atoms with Crippen LogP contribution in [0.25, 0.3) is 0 Å². The van der Waals surface area contributed by atoms with E-state index in [1.807, 2.05) is 0 Å². The standard InChI is InChI=1S/C10H15N3O3/c11-10(4-1-5-10)9(16)12-6-2-3-7(14)13-8(6)15/h6H,1-5,11H2,(H,12,16)(H,13,14,15). The second kappa shape index (κ2) is 3.86. The van der Waals surface area contributed by atoms with Crippen LogP contribution in [0.2, 0.25) is 0 Å². The lowest BCUT2D eigenvalue weighted by molar-refractivity contribution is -0.139. The van der Waals surface area contributed by atoms with E-state index in [-0.39, 0.29) is 18.2 Å². The van der Waals surface area contributed by atoms with E-state index in [0.29, 0.717) is 19.3 Å². The fourth-order valence-electron chi connectivity index (χ4n) is 1.92. The van der Waals surface area contributed by atoms with E-state index in [0.717, 1.165) is 6.42 Å². The Kier molecular flexibility index (Phi) is 2.67. The highest BCUT2D eigenvalue weighted by molar-refractivity contribution is 6.02. The Morgan fingerprint density at radius 2 is 2.12 bits per heavy atom. The lowest BCUT2D eigenvalue weighted by atomic mass is 9.77. The van der Waals surface area contributed by atoms with Gasteiger partial charge in [-0.1, -0.05) is 0 Å². The molecule has 1 heterocycles. The summed E-state index contributed by atoms with van der Waals surface area (Å²) in [4.78, 5) is 34.0. The van der Waals surface area contributed by atoms with E-state index in [1.54, 1.807) is 0 Å². The summed E-state index contributed by atoms with van der Waals surface area (Å²) >= 11 is 0. The van der Waals surface area contributed by atoms with Crippen LogP contribution in [0.15, 0.2) is 0 Å². The minimum atomic E-state index is -0.804. The smallest absolute Gasteiger partial charge is 0.249 e. The second-order valence-corrected chi connectivity index (χ2v) is 4.49. The molecule has 0 spiro atoms. The number of piperidine rings is 1. The molecule has 16 heavy (non-hydrogen) atoms. The molecule has 2 fully saturated rings. The van der Waals surface area contributed by atoms with E-state index in [2.05, 4.69) is 10.6 Å². The van der Waals surface area contributed by atoms with Crippen molar-refractivity contribution in [3.8, 4) is 0 Å². The summed E-state index contributed by atoms with van der Waals surface area (Å²) in [7, 11) is 0. The highest BCUT2D eigenvalue weighted by atomic mass is 16.2. The third-order valence-corrected chi connectivity index (χ3v) is 3.24. The lowest BCUT2D eigenvalue weighted by Gasteiger charge is -2.37. The van der Waals surface area contributed by atoms with Crippen molar-refractivity contribution in [3.63, 3.8) is 0 Å². The largest absolute Gasteiger partial charge is 0.343 e. The monoisotopic (exact) mass is 225 g/mol. The molecule has 2 aliphatic rings. The quantitative estimate of drug-likeness (QED) is 0.513. The van der Waals surface area contributed by atoms with Crippen LogP contribution in [0.1, 0.15) is 32.1 Å². The van der Waals surface area contributed by atoms with Crippen LogP contribution in [-0.2, 0) is 14.4 Å². The summed E-state index contributed by atoms with van der Waals surface area (Å²) in [6.45, 7) is 0. The van der Waals surface area contributed by atoms with Crippen molar-refractivity contribution in [2.24, 2.45) is 5.73 Å². The Bertz CT molecular complexity index is 349. The first kappa shape index (κ1) is 11.1. The maximum atomic E-state index is 11.7. The summed E-state index contributed by atoms with van der Waals surface area (Å²) in [6, 6.07) is -0.619. The molecule has 6 heteroatoms. The number of amides is 3. The summed E-state index contributed by atoms with van der Waals surface area (Å²) < 4.78 is 0. The molecule has 0 aromatic carbocycles. The van der Waals surface area contributed by atoms with Crippen LogP contribution in [0.5, 0.6) is 0 Å². The van der Waals surface area contributed by atoms with E-state index < -0.39 is 17.5 Å². The number of carbonyl (C=O) groups is 3. The molecule has 0 radical (unpaired) electrons. The van der Waals surface area contributed by atoms with Gasteiger partial charge in [0.25, 0.3) is 0 Å². The van der Waals surface area contributed by atoms with Gasteiger partial charge in [0.1, 0.15) is 6.04 Å². The molecule has 0 aromatic heterocycles. The van der Waals surface area contributed by atoms with Gasteiger partial charge < -0.3 is 11.1 Å². The van der Waals surface area contributed by atoms with Crippen LogP contribution in [0, 0.1) is 0 Å². The minimum absolute atomic E-state index is 0.258. The molecule has 1 atom stereocenters. The average Bonchev–Trinajstić information content (AvgIpc) is 2.18. The zero-order valence-corrected chi connectivity index (χ0v) is 8.91. The first-order valence-corrected chi connectivity index (χ1v) is 5.45. The zero-order chi connectivity index (χ0) is 11.8. The molecule has 0 bridgehead atoms. The number of carbonyl (C=O) groups excluding carboxylic acids is 3. The number of hydrogen-bond acceptors (Lipinski definition) is 4. The lowest BCUT2D eigenvalue weighted by Crippen LogP contribution is -2.63. The van der Waals surface area contributed by atoms with Crippen LogP contribution in [0.4, 0.5) is 0 Å². The van der Waals surface area contributed by atoms with E-state index in [4.69, 9.17) is 5.73 Å². The predicted octanol–water partition coefficient (Wildman–Crippen LogP) is -1.21. The number of nitrogens with one attached hydrogen (secondary N) is 2. The Hall–Kier alpha value is -1.43. The van der Waals surface area contributed by atoms with Gasteiger partial charge in [0.2, 0.25) is 17.7 Å². The molecule has 1 saturated heterocycles. The molecule has 1 aliphatic carbocycles. The maximum absolute atomic E-state index is 11.7. The molecule has 1 saturated carbocycles. The van der Waals surface area contributed by atoms with Crippen LogP contribution >= 0.6 is 0 Å². The molecule has 88 valence electrons. The Morgan fingerprint density at radius 3 is 2.62 bits per heavy atom. The van der Waals surface area contributed by atoms with E-state index >= 15 is 0 Å². The number of imide groups is 1. The molecule has 1 aliphatic heterocycles. The van der Waals surface area contributed by atoms with Gasteiger partial charge in [0, 0.05) is 6.42 Å². The number of nitrogens with two attached hydrogens (primary N) is 1.